The van der Waals surface area contributed by atoms with Gasteiger partial charge in [-0.15, -0.1) is 0 Å². The number of hydrogen-bond acceptors (Lipinski definition) is 8. The van der Waals surface area contributed by atoms with Crippen LogP contribution < -0.4 is 16.4 Å². The number of aliphatic imine (C=N–C) groups is 1. The van der Waals surface area contributed by atoms with E-state index in [0.717, 1.165) is 62.9 Å². The molecule has 1 aromatic heterocycles. The third-order valence-electron chi connectivity index (χ3n) is 8.74. The number of aryl methyl sites for hydroxylation is 2. The Morgan fingerprint density at radius 2 is 1.83 bits per heavy atom. The fourth-order valence-electron chi connectivity index (χ4n) is 6.08. The standard InChI is InChI=1S/C29H40N8O3S/c1-20-3-5-22(6-4-20)33-27(34-29(38)25-18-32-37-13-2-12-31-28(25)37)17-26(30)21-9-14-35(15-10-21)23-11-16-36(19-23)41(39,40)24-7-8-24/h3-6,12,17-18,21,23-24,26,33H,2,7-11,13-16,19,30H2,1H3,(H,34,38)/b27-17+. The second kappa shape index (κ2) is 11.7. The fraction of sp³-hybridized carbons (Fsp3) is 0.552. The molecule has 220 valence electrons. The van der Waals surface area contributed by atoms with Gasteiger partial charge >= 0.3 is 0 Å². The van der Waals surface area contributed by atoms with Crippen molar-refractivity contribution in [2.45, 2.75) is 69.3 Å². The van der Waals surface area contributed by atoms with Crippen LogP contribution in [0.2, 0.25) is 0 Å². The van der Waals surface area contributed by atoms with Crippen LogP contribution in [0.25, 0.3) is 0 Å². The summed E-state index contributed by atoms with van der Waals surface area (Å²) in [6.45, 7) is 5.75. The molecular weight excluding hydrogens is 540 g/mol. The van der Waals surface area contributed by atoms with E-state index in [4.69, 9.17) is 5.73 Å². The second-order valence-corrected chi connectivity index (χ2v) is 13.9. The Morgan fingerprint density at radius 1 is 1.07 bits per heavy atom. The molecule has 2 saturated heterocycles. The van der Waals surface area contributed by atoms with Crippen LogP contribution in [0.1, 0.15) is 54.4 Å². The first-order valence-corrected chi connectivity index (χ1v) is 16.2. The maximum atomic E-state index is 13.3. The van der Waals surface area contributed by atoms with E-state index in [1.54, 1.807) is 15.2 Å². The second-order valence-electron chi connectivity index (χ2n) is 11.7. The highest BCUT2D eigenvalue weighted by Crippen LogP contribution is 2.34. The van der Waals surface area contributed by atoms with Gasteiger partial charge in [-0.1, -0.05) is 17.7 Å². The number of benzene rings is 1. The zero-order valence-electron chi connectivity index (χ0n) is 23.6. The van der Waals surface area contributed by atoms with E-state index in [0.29, 0.717) is 36.8 Å². The zero-order chi connectivity index (χ0) is 28.6. The Labute approximate surface area is 241 Å². The molecular formula is C29H40N8O3S. The summed E-state index contributed by atoms with van der Waals surface area (Å²) in [5, 5.41) is 10.5. The summed E-state index contributed by atoms with van der Waals surface area (Å²) in [5.74, 6) is 1.06. The summed E-state index contributed by atoms with van der Waals surface area (Å²) < 4.78 is 28.8. The average molecular weight is 581 g/mol. The third kappa shape index (κ3) is 6.25. The topological polar surface area (TPSA) is 138 Å². The molecule has 11 nitrogen and oxygen atoms in total. The molecule has 2 aromatic rings. The monoisotopic (exact) mass is 580 g/mol. The Morgan fingerprint density at radius 3 is 2.56 bits per heavy atom. The number of sulfonamides is 1. The number of nitrogens with one attached hydrogen (secondary N) is 2. The summed E-state index contributed by atoms with van der Waals surface area (Å²) in [6, 6.07) is 7.99. The fourth-order valence-corrected chi connectivity index (χ4v) is 7.97. The van der Waals surface area contributed by atoms with E-state index in [1.807, 2.05) is 43.5 Å². The molecule has 6 rings (SSSR count). The molecule has 12 heteroatoms. The van der Waals surface area contributed by atoms with E-state index < -0.39 is 10.0 Å². The molecule has 0 radical (unpaired) electrons. The first-order valence-electron chi connectivity index (χ1n) is 14.7. The predicted molar refractivity (Wildman–Crippen MR) is 160 cm³/mol. The molecule has 3 fully saturated rings. The van der Waals surface area contributed by atoms with Gasteiger partial charge in [0.2, 0.25) is 10.0 Å². The molecule has 1 saturated carbocycles. The Kier molecular flexibility index (Phi) is 7.99. The molecule has 4 heterocycles. The molecule has 3 aliphatic heterocycles. The van der Waals surface area contributed by atoms with Crippen LogP contribution in [-0.4, -0.2) is 83.0 Å². The van der Waals surface area contributed by atoms with Gasteiger partial charge in [0.25, 0.3) is 5.91 Å². The highest BCUT2D eigenvalue weighted by atomic mass is 32.2. The predicted octanol–water partition coefficient (Wildman–Crippen LogP) is 2.59. The summed E-state index contributed by atoms with van der Waals surface area (Å²) in [6.07, 6.45) is 10.4. The number of nitrogens with two attached hydrogens (primary N) is 1. The quantitative estimate of drug-likeness (QED) is 0.415. The minimum Gasteiger partial charge on any atom is -0.342 e. The van der Waals surface area contributed by atoms with Crippen LogP contribution in [0, 0.1) is 12.8 Å². The van der Waals surface area contributed by atoms with Gasteiger partial charge in [0.15, 0.2) is 5.82 Å². The summed E-state index contributed by atoms with van der Waals surface area (Å²) in [5.41, 5.74) is 9.16. The number of carbonyl (C=O) groups excluding carboxylic acids is 1. The molecule has 1 amide bonds. The van der Waals surface area contributed by atoms with Crippen molar-refractivity contribution in [1.29, 1.82) is 0 Å². The molecule has 1 aromatic carbocycles. The summed E-state index contributed by atoms with van der Waals surface area (Å²) in [4.78, 5) is 20.1. The summed E-state index contributed by atoms with van der Waals surface area (Å²) >= 11 is 0. The van der Waals surface area contributed by atoms with Crippen LogP contribution in [0.15, 0.2) is 47.4 Å². The molecule has 4 aliphatic rings. The van der Waals surface area contributed by atoms with Gasteiger partial charge in [0.1, 0.15) is 11.4 Å². The first kappa shape index (κ1) is 28.1. The molecule has 0 spiro atoms. The van der Waals surface area contributed by atoms with Crippen LogP contribution in [0.3, 0.4) is 0 Å². The SMILES string of the molecule is Cc1ccc(N/C(=C\C(N)C2CCN(C3CCN(S(=O)(=O)C4CC4)C3)CC2)NC(=O)c2cnn3c2N=CCC3)cc1. The maximum Gasteiger partial charge on any atom is 0.262 e. The van der Waals surface area contributed by atoms with E-state index in [9.17, 15) is 13.2 Å². The van der Waals surface area contributed by atoms with Crippen LogP contribution in [0.5, 0.6) is 0 Å². The van der Waals surface area contributed by atoms with Crippen molar-refractivity contribution in [2.75, 3.05) is 31.5 Å². The van der Waals surface area contributed by atoms with Gasteiger partial charge in [-0.05, 0) is 76.2 Å². The van der Waals surface area contributed by atoms with Crippen molar-refractivity contribution in [1.82, 2.24) is 24.3 Å². The highest BCUT2D eigenvalue weighted by Gasteiger charge is 2.44. The van der Waals surface area contributed by atoms with Crippen LogP contribution in [0.4, 0.5) is 11.5 Å². The number of rotatable bonds is 9. The van der Waals surface area contributed by atoms with Crippen molar-refractivity contribution in [3.63, 3.8) is 0 Å². The normalized spacial score (nSPS) is 23.4. The number of carbonyl (C=O) groups is 1. The molecule has 41 heavy (non-hydrogen) atoms. The lowest BCUT2D eigenvalue weighted by Gasteiger charge is -2.37. The van der Waals surface area contributed by atoms with Gasteiger partial charge in [-0.25, -0.2) is 22.4 Å². The van der Waals surface area contributed by atoms with Crippen LogP contribution >= 0.6 is 0 Å². The number of likely N-dealkylation sites (tertiary alicyclic amines) is 1. The van der Waals surface area contributed by atoms with Gasteiger partial charge in [0, 0.05) is 50.0 Å². The Hall–Kier alpha value is -3.06. The van der Waals surface area contributed by atoms with Crippen molar-refractivity contribution < 1.29 is 13.2 Å². The van der Waals surface area contributed by atoms with Crippen molar-refractivity contribution in [2.24, 2.45) is 16.6 Å². The summed E-state index contributed by atoms with van der Waals surface area (Å²) in [7, 11) is -3.11. The molecule has 2 unspecified atom stereocenters. The number of amides is 1. The third-order valence-corrected chi connectivity index (χ3v) is 11.1. The van der Waals surface area contributed by atoms with Crippen molar-refractivity contribution >= 4 is 33.7 Å². The molecule has 4 N–H and O–H groups in total. The molecule has 1 aliphatic carbocycles. The molecule has 0 bridgehead atoms. The van der Waals surface area contributed by atoms with Gasteiger partial charge < -0.3 is 16.4 Å². The largest absolute Gasteiger partial charge is 0.342 e. The van der Waals surface area contributed by atoms with Crippen molar-refractivity contribution in [3.8, 4) is 0 Å². The number of nitrogens with zero attached hydrogens (tertiary/aromatic N) is 5. The lowest BCUT2D eigenvalue weighted by Crippen LogP contribution is -2.46. The van der Waals surface area contributed by atoms with Gasteiger partial charge in [-0.2, -0.15) is 5.10 Å². The van der Waals surface area contributed by atoms with Crippen molar-refractivity contribution in [3.05, 3.63) is 53.5 Å². The maximum absolute atomic E-state index is 13.3. The number of hydrogen-bond donors (Lipinski definition) is 3. The van der Waals surface area contributed by atoms with E-state index in [-0.39, 0.29) is 29.2 Å². The lowest BCUT2D eigenvalue weighted by atomic mass is 9.89. The van der Waals surface area contributed by atoms with E-state index in [1.165, 1.54) is 0 Å². The van der Waals surface area contributed by atoms with E-state index >= 15 is 0 Å². The lowest BCUT2D eigenvalue weighted by molar-refractivity contribution is 0.0966. The minimum atomic E-state index is -3.11. The zero-order valence-corrected chi connectivity index (χ0v) is 24.4. The highest BCUT2D eigenvalue weighted by molar-refractivity contribution is 7.90. The van der Waals surface area contributed by atoms with Gasteiger partial charge in [0.05, 0.1) is 11.4 Å². The Bertz CT molecular complexity index is 1420. The number of piperidine rings is 1. The van der Waals surface area contributed by atoms with Gasteiger partial charge in [-0.3, -0.25) is 9.69 Å². The smallest absolute Gasteiger partial charge is 0.262 e. The van der Waals surface area contributed by atoms with Crippen LogP contribution in [-0.2, 0) is 16.6 Å². The number of fused-ring (bicyclic) bond motifs is 1. The van der Waals surface area contributed by atoms with E-state index in [2.05, 4.69) is 25.6 Å². The first-order chi connectivity index (χ1) is 19.8. The molecule has 2 atom stereocenters. The number of anilines is 1. The minimum absolute atomic E-state index is 0.146. The average Bonchev–Trinajstić information content (AvgIpc) is 3.56. The Balaban J connectivity index is 1.11. The number of aromatic nitrogens is 2.